The maximum absolute atomic E-state index is 12.9. The van der Waals surface area contributed by atoms with E-state index in [1.54, 1.807) is 6.92 Å². The Kier molecular flexibility index (Phi) is 7.17. The number of esters is 1. The minimum Gasteiger partial charge on any atom is -0.464 e. The van der Waals surface area contributed by atoms with Crippen LogP contribution in [0.15, 0.2) is 45.7 Å². The number of nitrogens with zero attached hydrogens (tertiary/aromatic N) is 1. The van der Waals surface area contributed by atoms with Crippen molar-refractivity contribution < 1.29 is 27.2 Å². The molecule has 0 aliphatic carbocycles. The van der Waals surface area contributed by atoms with E-state index in [2.05, 4.69) is 5.32 Å². The zero-order valence-electron chi connectivity index (χ0n) is 18.0. The maximum atomic E-state index is 12.9. The summed E-state index contributed by atoms with van der Waals surface area (Å²) >= 11 is 0. The highest BCUT2D eigenvalue weighted by atomic mass is 32.2. The van der Waals surface area contributed by atoms with Gasteiger partial charge < -0.3 is 14.5 Å². The molecule has 0 saturated carbocycles. The van der Waals surface area contributed by atoms with Crippen molar-refractivity contribution in [2.75, 3.05) is 19.7 Å². The number of carbonyl (C=O) groups excluding carboxylic acids is 2. The fraction of sp³-hybridized carbons (Fsp3) is 0.455. The fourth-order valence-electron chi connectivity index (χ4n) is 3.57. The summed E-state index contributed by atoms with van der Waals surface area (Å²) in [7, 11) is -3.69. The molecule has 0 spiro atoms. The Labute approximate surface area is 182 Å². The number of amides is 1. The van der Waals surface area contributed by atoms with E-state index in [0.29, 0.717) is 24.2 Å². The molecular weight excluding hydrogens is 420 g/mol. The van der Waals surface area contributed by atoms with E-state index in [1.807, 2.05) is 26.0 Å². The van der Waals surface area contributed by atoms with Gasteiger partial charge in [-0.3, -0.25) is 4.79 Å². The van der Waals surface area contributed by atoms with Crippen molar-refractivity contribution in [3.05, 3.63) is 53.5 Å². The Morgan fingerprint density at radius 2 is 1.81 bits per heavy atom. The lowest BCUT2D eigenvalue weighted by atomic mass is 9.97. The minimum absolute atomic E-state index is 0.0996. The first kappa shape index (κ1) is 23.0. The van der Waals surface area contributed by atoms with Crippen molar-refractivity contribution in [3.8, 4) is 0 Å². The van der Waals surface area contributed by atoms with Crippen LogP contribution in [0.4, 0.5) is 0 Å². The molecule has 2 aromatic rings. The molecule has 3 rings (SSSR count). The monoisotopic (exact) mass is 448 g/mol. The average molecular weight is 449 g/mol. The number of nitrogens with one attached hydrogen (secondary N) is 1. The summed E-state index contributed by atoms with van der Waals surface area (Å²) in [5, 5.41) is 2.95. The largest absolute Gasteiger partial charge is 0.464 e. The van der Waals surface area contributed by atoms with E-state index in [1.165, 1.54) is 28.6 Å². The number of hydrogen-bond donors (Lipinski definition) is 1. The molecule has 1 unspecified atom stereocenters. The second kappa shape index (κ2) is 9.65. The summed E-state index contributed by atoms with van der Waals surface area (Å²) in [4.78, 5) is 24.5. The summed E-state index contributed by atoms with van der Waals surface area (Å²) < 4.78 is 37.7. The van der Waals surface area contributed by atoms with Gasteiger partial charge in [0.1, 0.15) is 11.5 Å². The molecule has 168 valence electrons. The molecule has 2 heterocycles. The number of aryl methyl sites for hydroxylation is 1. The quantitative estimate of drug-likeness (QED) is 0.653. The smallest absolute Gasteiger partial charge is 0.338 e. The van der Waals surface area contributed by atoms with E-state index in [9.17, 15) is 18.0 Å². The Bertz CT molecular complexity index is 1020. The van der Waals surface area contributed by atoms with Crippen molar-refractivity contribution in [1.29, 1.82) is 0 Å². The van der Waals surface area contributed by atoms with E-state index in [4.69, 9.17) is 9.15 Å². The number of benzene rings is 1. The molecule has 1 aromatic carbocycles. The van der Waals surface area contributed by atoms with Crippen LogP contribution in [-0.2, 0) is 19.6 Å². The van der Waals surface area contributed by atoms with Crippen molar-refractivity contribution in [3.63, 3.8) is 0 Å². The van der Waals surface area contributed by atoms with E-state index < -0.39 is 16.0 Å². The summed E-state index contributed by atoms with van der Waals surface area (Å²) in [6.07, 6.45) is 0.881. The second-order valence-electron chi connectivity index (χ2n) is 7.60. The van der Waals surface area contributed by atoms with Gasteiger partial charge in [-0.15, -0.1) is 0 Å². The van der Waals surface area contributed by atoms with Crippen LogP contribution in [0.3, 0.4) is 0 Å². The minimum atomic E-state index is -3.69. The van der Waals surface area contributed by atoms with Gasteiger partial charge in [0, 0.05) is 19.0 Å². The van der Waals surface area contributed by atoms with Crippen LogP contribution in [0.2, 0.25) is 0 Å². The summed E-state index contributed by atoms with van der Waals surface area (Å²) in [5.41, 5.74) is 0.303. The molecule has 0 bridgehead atoms. The van der Waals surface area contributed by atoms with Gasteiger partial charge in [0.05, 0.1) is 23.1 Å². The highest BCUT2D eigenvalue weighted by molar-refractivity contribution is 7.89. The molecule has 1 aliphatic heterocycles. The van der Waals surface area contributed by atoms with Gasteiger partial charge in [0.25, 0.3) is 0 Å². The zero-order chi connectivity index (χ0) is 22.6. The molecule has 1 saturated heterocycles. The van der Waals surface area contributed by atoms with Crippen molar-refractivity contribution >= 4 is 21.9 Å². The predicted octanol–water partition coefficient (Wildman–Crippen LogP) is 3.04. The third kappa shape index (κ3) is 5.34. The first-order valence-corrected chi connectivity index (χ1v) is 11.8. The molecule has 1 aliphatic rings. The number of rotatable bonds is 7. The van der Waals surface area contributed by atoms with Crippen LogP contribution in [0.1, 0.15) is 54.6 Å². The average Bonchev–Trinajstić information content (AvgIpc) is 3.20. The highest BCUT2D eigenvalue weighted by Crippen LogP contribution is 2.25. The van der Waals surface area contributed by atoms with Crippen LogP contribution in [0.5, 0.6) is 0 Å². The maximum Gasteiger partial charge on any atom is 0.338 e. The first-order chi connectivity index (χ1) is 14.7. The molecule has 1 atom stereocenters. The van der Waals surface area contributed by atoms with Crippen LogP contribution < -0.4 is 5.32 Å². The van der Waals surface area contributed by atoms with E-state index in [0.717, 1.165) is 5.76 Å². The van der Waals surface area contributed by atoms with Crippen molar-refractivity contribution in [2.45, 2.75) is 44.6 Å². The number of piperidine rings is 1. The molecule has 1 amide bonds. The van der Waals surface area contributed by atoms with Crippen LogP contribution in [0.25, 0.3) is 0 Å². The third-order valence-electron chi connectivity index (χ3n) is 5.37. The molecule has 1 aromatic heterocycles. The van der Waals surface area contributed by atoms with Crippen LogP contribution in [-0.4, -0.2) is 44.3 Å². The molecule has 31 heavy (non-hydrogen) atoms. The molecule has 9 heteroatoms. The van der Waals surface area contributed by atoms with Crippen LogP contribution >= 0.6 is 0 Å². The Morgan fingerprint density at radius 3 is 2.35 bits per heavy atom. The molecule has 8 nitrogen and oxygen atoms in total. The van der Waals surface area contributed by atoms with Crippen molar-refractivity contribution in [2.24, 2.45) is 5.92 Å². The lowest BCUT2D eigenvalue weighted by Crippen LogP contribution is -2.43. The lowest BCUT2D eigenvalue weighted by Gasteiger charge is -2.31. The Hall–Kier alpha value is -2.65. The van der Waals surface area contributed by atoms with Crippen LogP contribution in [0, 0.1) is 12.8 Å². The number of sulfonamides is 1. The number of ether oxygens (including phenoxy) is 1. The molecule has 1 fully saturated rings. The number of furan rings is 1. The Morgan fingerprint density at radius 1 is 1.16 bits per heavy atom. The van der Waals surface area contributed by atoms with Gasteiger partial charge in [-0.05, 0) is 70.0 Å². The fourth-order valence-corrected chi connectivity index (χ4v) is 5.04. The number of hydrogen-bond acceptors (Lipinski definition) is 6. The van der Waals surface area contributed by atoms with Gasteiger partial charge in [0.2, 0.25) is 15.9 Å². The van der Waals surface area contributed by atoms with E-state index >= 15 is 0 Å². The predicted molar refractivity (Wildman–Crippen MR) is 114 cm³/mol. The van der Waals surface area contributed by atoms with Gasteiger partial charge in [-0.25, -0.2) is 13.2 Å². The standard InChI is InChI=1S/C22H28N2O6S/c1-4-29-22(26)18-6-8-19(9-7-18)31(27,28)24-13-11-17(12-14-24)21(25)23-16(3)20-10-5-15(2)30-20/h5-10,16-17H,4,11-14H2,1-3H3,(H,23,25). The molecule has 1 N–H and O–H groups in total. The number of carbonyl (C=O) groups is 2. The topological polar surface area (TPSA) is 106 Å². The highest BCUT2D eigenvalue weighted by Gasteiger charge is 2.32. The Balaban J connectivity index is 1.58. The van der Waals surface area contributed by atoms with Crippen molar-refractivity contribution in [1.82, 2.24) is 9.62 Å². The lowest BCUT2D eigenvalue weighted by molar-refractivity contribution is -0.126. The van der Waals surface area contributed by atoms with Gasteiger partial charge in [0.15, 0.2) is 0 Å². The third-order valence-corrected chi connectivity index (χ3v) is 7.29. The molecular formula is C22H28N2O6S. The van der Waals surface area contributed by atoms with Gasteiger partial charge in [-0.2, -0.15) is 4.31 Å². The summed E-state index contributed by atoms with van der Waals surface area (Å²) in [5.74, 6) is 0.632. The SMILES string of the molecule is CCOC(=O)c1ccc(S(=O)(=O)N2CCC(C(=O)NC(C)c3ccc(C)o3)CC2)cc1. The summed E-state index contributed by atoms with van der Waals surface area (Å²) in [6, 6.07) is 9.15. The second-order valence-corrected chi connectivity index (χ2v) is 9.54. The summed E-state index contributed by atoms with van der Waals surface area (Å²) in [6.45, 7) is 6.18. The first-order valence-electron chi connectivity index (χ1n) is 10.4. The van der Waals surface area contributed by atoms with Gasteiger partial charge >= 0.3 is 5.97 Å². The molecule has 0 radical (unpaired) electrons. The van der Waals surface area contributed by atoms with Gasteiger partial charge in [-0.1, -0.05) is 0 Å². The normalized spacial score (nSPS) is 16.6. The van der Waals surface area contributed by atoms with E-state index in [-0.39, 0.29) is 42.5 Å². The zero-order valence-corrected chi connectivity index (χ0v) is 18.8.